The highest BCUT2D eigenvalue weighted by Crippen LogP contribution is 2.30. The highest BCUT2D eigenvalue weighted by atomic mass is 32.1. The minimum Gasteiger partial charge on any atom is -0.406 e. The monoisotopic (exact) mass is 529 g/mol. The van der Waals surface area contributed by atoms with Crippen LogP contribution in [-0.2, 0) is 6.42 Å². The first-order valence-electron chi connectivity index (χ1n) is 11.4. The van der Waals surface area contributed by atoms with Crippen LogP contribution in [0.1, 0.15) is 18.7 Å². The van der Waals surface area contributed by atoms with Gasteiger partial charge in [-0.3, -0.25) is 5.41 Å². The molecule has 0 radical (unpaired) electrons. The van der Waals surface area contributed by atoms with Gasteiger partial charge in [0, 0.05) is 41.2 Å². The second kappa shape index (κ2) is 10.1. The summed E-state index contributed by atoms with van der Waals surface area (Å²) >= 11 is 1.37. The Bertz CT molecular complexity index is 1370. The number of thiazole rings is 1. The highest BCUT2D eigenvalue weighted by molar-refractivity contribution is 7.14. The maximum atomic E-state index is 12.3. The van der Waals surface area contributed by atoms with Crippen molar-refractivity contribution in [2.24, 2.45) is 5.73 Å². The van der Waals surface area contributed by atoms with Gasteiger partial charge in [0.15, 0.2) is 11.1 Å². The molecule has 9 nitrogen and oxygen atoms in total. The summed E-state index contributed by atoms with van der Waals surface area (Å²) in [5.41, 5.74) is 8.55. The van der Waals surface area contributed by atoms with Crippen molar-refractivity contribution in [3.05, 3.63) is 59.8 Å². The first kappa shape index (κ1) is 24.6. The van der Waals surface area contributed by atoms with Crippen LogP contribution in [0.4, 0.5) is 24.0 Å². The SMILES string of the molecule is N=C(N)N1CCC[C@H]1Cc1nc(-c2ccc(Nc3nc(-c4ccc(OC(F)(F)F)cc4)cs3)cc2)no1. The Morgan fingerprint density at radius 1 is 1.14 bits per heavy atom. The first-order valence-corrected chi connectivity index (χ1v) is 12.2. The van der Waals surface area contributed by atoms with Gasteiger partial charge in [0.1, 0.15) is 5.75 Å². The number of rotatable bonds is 7. The third-order valence-electron chi connectivity index (χ3n) is 5.85. The fourth-order valence-corrected chi connectivity index (χ4v) is 4.88. The van der Waals surface area contributed by atoms with E-state index >= 15 is 0 Å². The lowest BCUT2D eigenvalue weighted by atomic mass is 10.1. The molecular weight excluding hydrogens is 507 g/mol. The third-order valence-corrected chi connectivity index (χ3v) is 6.60. The molecule has 0 saturated carbocycles. The quantitative estimate of drug-likeness (QED) is 0.215. The van der Waals surface area contributed by atoms with Gasteiger partial charge in [0.2, 0.25) is 11.7 Å². The molecule has 0 bridgehead atoms. The number of ether oxygens (including phenoxy) is 1. The Hall–Kier alpha value is -4.13. The number of guanidine groups is 1. The van der Waals surface area contributed by atoms with Gasteiger partial charge in [-0.25, -0.2) is 4.98 Å². The van der Waals surface area contributed by atoms with Gasteiger partial charge in [0.25, 0.3) is 0 Å². The summed E-state index contributed by atoms with van der Waals surface area (Å²) in [6.45, 7) is 0.763. The van der Waals surface area contributed by atoms with Crippen LogP contribution in [0.15, 0.2) is 58.4 Å². The summed E-state index contributed by atoms with van der Waals surface area (Å²) in [7, 11) is 0. The number of anilines is 2. The fraction of sp³-hybridized carbons (Fsp3) is 0.250. The van der Waals surface area contributed by atoms with E-state index in [0.717, 1.165) is 30.6 Å². The normalized spacial score (nSPS) is 15.6. The van der Waals surface area contributed by atoms with Crippen LogP contribution in [0.3, 0.4) is 0 Å². The van der Waals surface area contributed by atoms with E-state index in [0.29, 0.717) is 34.5 Å². The molecule has 0 aliphatic carbocycles. The molecule has 2 aromatic heterocycles. The largest absolute Gasteiger partial charge is 0.573 e. The Balaban J connectivity index is 1.20. The maximum Gasteiger partial charge on any atom is 0.573 e. The molecule has 3 heterocycles. The van der Waals surface area contributed by atoms with E-state index < -0.39 is 6.36 Å². The third kappa shape index (κ3) is 6.00. The summed E-state index contributed by atoms with van der Waals surface area (Å²) in [6, 6.07) is 13.1. The molecule has 5 rings (SSSR count). The molecule has 37 heavy (non-hydrogen) atoms. The smallest absolute Gasteiger partial charge is 0.406 e. The minimum atomic E-state index is -4.73. The van der Waals surface area contributed by atoms with E-state index in [4.69, 9.17) is 15.7 Å². The molecule has 0 amide bonds. The topological polar surface area (TPSA) is 126 Å². The number of halogens is 3. The molecule has 1 aliphatic heterocycles. The zero-order chi connectivity index (χ0) is 26.0. The molecule has 1 saturated heterocycles. The number of nitrogens with two attached hydrogens (primary N) is 1. The maximum absolute atomic E-state index is 12.3. The van der Waals surface area contributed by atoms with Gasteiger partial charge in [-0.05, 0) is 61.4 Å². The lowest BCUT2D eigenvalue weighted by Gasteiger charge is -2.23. The average Bonchev–Trinajstić information content (AvgIpc) is 3.61. The standard InChI is InChI=1S/C24H22F3N7O2S/c25-24(26,27)35-18-9-5-14(6-10-18)19-13-37-23(31-19)30-16-7-3-15(4-8-16)21-32-20(36-33-21)12-17-2-1-11-34(17)22(28)29/h3-10,13,17H,1-2,11-12H2,(H3,28,29)(H,30,31)/t17-/m0/s1. The summed E-state index contributed by atoms with van der Waals surface area (Å²) in [4.78, 5) is 10.9. The number of hydrogen-bond acceptors (Lipinski definition) is 8. The zero-order valence-electron chi connectivity index (χ0n) is 19.3. The van der Waals surface area contributed by atoms with E-state index in [1.54, 1.807) is 0 Å². The first-order chi connectivity index (χ1) is 17.7. The van der Waals surface area contributed by atoms with E-state index in [2.05, 4.69) is 25.2 Å². The molecule has 1 atom stereocenters. The van der Waals surface area contributed by atoms with Gasteiger partial charge < -0.3 is 25.2 Å². The zero-order valence-corrected chi connectivity index (χ0v) is 20.1. The van der Waals surface area contributed by atoms with Crippen LogP contribution >= 0.6 is 11.3 Å². The molecule has 4 N–H and O–H groups in total. The van der Waals surface area contributed by atoms with Crippen molar-refractivity contribution >= 4 is 28.1 Å². The second-order valence-corrected chi connectivity index (χ2v) is 9.26. The Labute approximate surface area is 213 Å². The number of alkyl halides is 3. The summed E-state index contributed by atoms with van der Waals surface area (Å²) < 4.78 is 46.4. The van der Waals surface area contributed by atoms with Crippen molar-refractivity contribution in [3.63, 3.8) is 0 Å². The molecule has 0 spiro atoms. The number of nitrogens with zero attached hydrogens (tertiary/aromatic N) is 4. The predicted molar refractivity (Wildman–Crippen MR) is 133 cm³/mol. The molecule has 4 aromatic rings. The van der Waals surface area contributed by atoms with Crippen molar-refractivity contribution in [3.8, 4) is 28.4 Å². The molecule has 13 heteroatoms. The van der Waals surface area contributed by atoms with E-state index in [1.807, 2.05) is 34.5 Å². The second-order valence-electron chi connectivity index (χ2n) is 8.40. The van der Waals surface area contributed by atoms with Gasteiger partial charge in [-0.2, -0.15) is 4.98 Å². The van der Waals surface area contributed by atoms with Crippen LogP contribution in [-0.4, -0.2) is 44.9 Å². The van der Waals surface area contributed by atoms with E-state index in [1.165, 1.54) is 35.6 Å². The van der Waals surface area contributed by atoms with Crippen LogP contribution < -0.4 is 15.8 Å². The lowest BCUT2D eigenvalue weighted by molar-refractivity contribution is -0.274. The van der Waals surface area contributed by atoms with Gasteiger partial charge >= 0.3 is 6.36 Å². The van der Waals surface area contributed by atoms with Crippen molar-refractivity contribution in [1.29, 1.82) is 5.41 Å². The van der Waals surface area contributed by atoms with Crippen LogP contribution in [0.5, 0.6) is 5.75 Å². The average molecular weight is 530 g/mol. The summed E-state index contributed by atoms with van der Waals surface area (Å²) in [6.07, 6.45) is -2.29. The number of benzene rings is 2. The summed E-state index contributed by atoms with van der Waals surface area (Å²) in [5, 5.41) is 17.4. The van der Waals surface area contributed by atoms with Gasteiger partial charge in [0.05, 0.1) is 5.69 Å². The Morgan fingerprint density at radius 3 is 2.57 bits per heavy atom. The molecule has 1 fully saturated rings. The molecular formula is C24H22F3N7O2S. The highest BCUT2D eigenvalue weighted by Gasteiger charge is 2.31. The Kier molecular flexibility index (Phi) is 6.70. The van der Waals surface area contributed by atoms with Crippen molar-refractivity contribution in [2.45, 2.75) is 31.7 Å². The lowest BCUT2D eigenvalue weighted by Crippen LogP contribution is -2.41. The van der Waals surface area contributed by atoms with E-state index in [-0.39, 0.29) is 17.8 Å². The van der Waals surface area contributed by atoms with Crippen molar-refractivity contribution < 1.29 is 22.4 Å². The molecule has 1 aliphatic rings. The Morgan fingerprint density at radius 2 is 1.86 bits per heavy atom. The molecule has 0 unspecified atom stereocenters. The van der Waals surface area contributed by atoms with E-state index in [9.17, 15) is 13.2 Å². The number of nitrogens with one attached hydrogen (secondary N) is 2. The van der Waals surface area contributed by atoms with Crippen molar-refractivity contribution in [1.82, 2.24) is 20.0 Å². The number of aromatic nitrogens is 3. The molecule has 2 aromatic carbocycles. The van der Waals surface area contributed by atoms with Crippen molar-refractivity contribution in [2.75, 3.05) is 11.9 Å². The molecule has 192 valence electrons. The van der Waals surface area contributed by atoms with Crippen LogP contribution in [0.25, 0.3) is 22.6 Å². The predicted octanol–water partition coefficient (Wildman–Crippen LogP) is 5.40. The fourth-order valence-electron chi connectivity index (χ4n) is 4.14. The number of hydrogen-bond donors (Lipinski definition) is 3. The summed E-state index contributed by atoms with van der Waals surface area (Å²) in [5.74, 6) is 0.758. The van der Waals surface area contributed by atoms with Crippen LogP contribution in [0, 0.1) is 5.41 Å². The van der Waals surface area contributed by atoms with Crippen LogP contribution in [0.2, 0.25) is 0 Å². The minimum absolute atomic E-state index is 0.0612. The van der Waals surface area contributed by atoms with Gasteiger partial charge in [-0.15, -0.1) is 24.5 Å². The van der Waals surface area contributed by atoms with Gasteiger partial charge in [-0.1, -0.05) is 5.16 Å². The number of likely N-dealkylation sites (tertiary alicyclic amines) is 1.